The molecule has 36 heavy (non-hydrogen) atoms. The summed E-state index contributed by atoms with van der Waals surface area (Å²) in [5, 5.41) is 2.40. The Morgan fingerprint density at radius 2 is 1.44 bits per heavy atom. The summed E-state index contributed by atoms with van der Waals surface area (Å²) >= 11 is 13.4. The van der Waals surface area contributed by atoms with Crippen LogP contribution in [0.2, 0.25) is 5.02 Å². The first-order valence-electron chi connectivity index (χ1n) is 11.6. The molecule has 1 aliphatic heterocycles. The second-order valence-corrected chi connectivity index (χ2v) is 12.0. The smallest absolute Gasteiger partial charge is 0.273 e. The van der Waals surface area contributed by atoms with Crippen LogP contribution in [0.4, 0.5) is 0 Å². The first-order chi connectivity index (χ1) is 17.1. The van der Waals surface area contributed by atoms with Gasteiger partial charge in [-0.25, -0.2) is 5.01 Å². The van der Waals surface area contributed by atoms with Crippen molar-refractivity contribution < 1.29 is 23.9 Å². The summed E-state index contributed by atoms with van der Waals surface area (Å²) in [5.74, 6) is -2.41. The number of fused-ring (bicyclic) bond motifs is 5. The number of ether oxygens (including phenoxy) is 1. The van der Waals surface area contributed by atoms with Gasteiger partial charge in [0.25, 0.3) is 17.7 Å². The first-order valence-corrected chi connectivity index (χ1v) is 13.8. The number of carbonyl (C=O) groups is 4. The number of imide groups is 1. The molecule has 3 aliphatic rings. The summed E-state index contributed by atoms with van der Waals surface area (Å²) in [7, 11) is 1.52. The van der Waals surface area contributed by atoms with Gasteiger partial charge < -0.3 is 4.74 Å². The maximum atomic E-state index is 13.8. The summed E-state index contributed by atoms with van der Waals surface area (Å²) in [5.41, 5.74) is 0.545. The van der Waals surface area contributed by atoms with Gasteiger partial charge in [-0.05, 0) is 73.7 Å². The largest absolute Gasteiger partial charge is 0.497 e. The molecule has 0 aromatic heterocycles. The van der Waals surface area contributed by atoms with Crippen molar-refractivity contribution in [2.75, 3.05) is 7.11 Å². The summed E-state index contributed by atoms with van der Waals surface area (Å²) in [4.78, 5) is 54.9. The number of ketones is 1. The Morgan fingerprint density at radius 3 is 1.94 bits per heavy atom. The van der Waals surface area contributed by atoms with Crippen molar-refractivity contribution in [3.63, 3.8) is 0 Å². The molecule has 2 saturated carbocycles. The average molecular weight is 639 g/mol. The van der Waals surface area contributed by atoms with Crippen molar-refractivity contribution in [2.45, 2.75) is 29.0 Å². The monoisotopic (exact) mass is 636 g/mol. The molecule has 3 fully saturated rings. The second-order valence-electron chi connectivity index (χ2n) is 9.42. The zero-order valence-electron chi connectivity index (χ0n) is 19.4. The molecule has 1 saturated heterocycles. The standard InChI is InChI=1S/C26H23Br2ClN2O5/c1-12(23(32)13-5-9-16(36-2)10-6-13)30(24(33)14-3-7-15(29)8-4-14)31-25(34)19-17-11-18(20(19)26(31)35)22(28)21(17)27/h3-10,12,17-22H,11H2,1-2H3/t12-,17+,18+,19-,20+,21-,22-/m0/s1. The van der Waals surface area contributed by atoms with Crippen LogP contribution in [0.15, 0.2) is 48.5 Å². The van der Waals surface area contributed by atoms with Gasteiger partial charge in [-0.1, -0.05) is 43.5 Å². The molecule has 7 atom stereocenters. The lowest BCUT2D eigenvalue weighted by Gasteiger charge is -2.35. The molecular weight excluding hydrogens is 616 g/mol. The molecule has 10 heteroatoms. The lowest BCUT2D eigenvalue weighted by Crippen LogP contribution is -2.56. The van der Waals surface area contributed by atoms with Gasteiger partial charge in [0.2, 0.25) is 0 Å². The summed E-state index contributed by atoms with van der Waals surface area (Å²) in [6, 6.07) is 11.5. The van der Waals surface area contributed by atoms with Gasteiger partial charge in [0.1, 0.15) is 11.8 Å². The SMILES string of the molecule is COc1ccc(C(=O)[C@H](C)N(C(=O)c2ccc(Cl)cc2)N2C(=O)[C@@H]3[C@H]4C[C@@H]([C@H](Br)[C@H]4Br)[C@@H]3C2=O)cc1. The lowest BCUT2D eigenvalue weighted by atomic mass is 9.81. The van der Waals surface area contributed by atoms with Crippen molar-refractivity contribution in [2.24, 2.45) is 23.7 Å². The molecule has 0 radical (unpaired) electrons. The van der Waals surface area contributed by atoms with Gasteiger partial charge in [-0.15, -0.1) is 0 Å². The van der Waals surface area contributed by atoms with Crippen LogP contribution in [-0.4, -0.2) is 56.3 Å². The van der Waals surface area contributed by atoms with Gasteiger partial charge in [-0.3, -0.25) is 19.2 Å². The molecule has 5 rings (SSSR count). The maximum absolute atomic E-state index is 13.8. The first kappa shape index (κ1) is 25.4. The molecule has 2 aromatic carbocycles. The minimum absolute atomic E-state index is 0.0223. The predicted molar refractivity (Wildman–Crippen MR) is 140 cm³/mol. The van der Waals surface area contributed by atoms with Crippen LogP contribution in [0.3, 0.4) is 0 Å². The van der Waals surface area contributed by atoms with E-state index in [0.29, 0.717) is 16.3 Å². The Kier molecular flexibility index (Phi) is 6.76. The molecule has 0 unspecified atom stereocenters. The number of methoxy groups -OCH3 is 1. The molecule has 2 aromatic rings. The van der Waals surface area contributed by atoms with Crippen molar-refractivity contribution in [3.05, 3.63) is 64.7 Å². The fourth-order valence-corrected chi connectivity index (χ4v) is 7.82. The van der Waals surface area contributed by atoms with E-state index < -0.39 is 41.4 Å². The van der Waals surface area contributed by atoms with Gasteiger partial charge in [0, 0.05) is 25.8 Å². The van der Waals surface area contributed by atoms with E-state index in [4.69, 9.17) is 16.3 Å². The zero-order valence-corrected chi connectivity index (χ0v) is 23.4. The molecular formula is C26H23Br2ClN2O5. The number of carbonyl (C=O) groups excluding carboxylic acids is 4. The highest BCUT2D eigenvalue weighted by Gasteiger charge is 2.68. The average Bonchev–Trinajstić information content (AvgIpc) is 3.49. The molecule has 0 spiro atoms. The number of halogens is 3. The third-order valence-corrected chi connectivity index (χ3v) is 11.1. The second kappa shape index (κ2) is 9.58. The van der Waals surface area contributed by atoms with Crippen LogP contribution in [0.5, 0.6) is 5.75 Å². The molecule has 2 bridgehead atoms. The maximum Gasteiger partial charge on any atom is 0.273 e. The molecule has 188 valence electrons. The Bertz CT molecular complexity index is 1210. The van der Waals surface area contributed by atoms with Crippen LogP contribution in [0.1, 0.15) is 34.1 Å². The minimum Gasteiger partial charge on any atom is -0.497 e. The van der Waals surface area contributed by atoms with Crippen molar-refractivity contribution in [3.8, 4) is 5.75 Å². The third-order valence-electron chi connectivity index (χ3n) is 7.60. The van der Waals surface area contributed by atoms with Crippen LogP contribution < -0.4 is 4.74 Å². The predicted octanol–water partition coefficient (Wildman–Crippen LogP) is 4.76. The number of rotatable bonds is 6. The third kappa shape index (κ3) is 3.90. The fourth-order valence-electron chi connectivity index (χ4n) is 5.82. The lowest BCUT2D eigenvalue weighted by molar-refractivity contribution is -0.157. The number of amides is 3. The summed E-state index contributed by atoms with van der Waals surface area (Å²) < 4.78 is 5.17. The number of Topliss-reactive ketones (excluding diaryl/α,β-unsaturated/α-hetero) is 1. The van der Waals surface area contributed by atoms with Gasteiger partial charge >= 0.3 is 0 Å². The Morgan fingerprint density at radius 1 is 0.944 bits per heavy atom. The molecule has 0 N–H and O–H groups in total. The van der Waals surface area contributed by atoms with E-state index in [1.165, 1.54) is 26.2 Å². The van der Waals surface area contributed by atoms with Gasteiger partial charge in [-0.2, -0.15) is 5.01 Å². The molecule has 1 heterocycles. The fraction of sp³-hybridized carbons (Fsp3) is 0.385. The van der Waals surface area contributed by atoms with E-state index in [1.54, 1.807) is 36.4 Å². The number of nitrogens with zero attached hydrogens (tertiary/aromatic N) is 2. The Hall–Kier alpha value is -2.23. The minimum atomic E-state index is -1.12. The van der Waals surface area contributed by atoms with Gasteiger partial charge in [0.05, 0.1) is 18.9 Å². The molecule has 3 amide bonds. The van der Waals surface area contributed by atoms with Crippen LogP contribution >= 0.6 is 43.5 Å². The number of benzene rings is 2. The number of alkyl halides is 2. The van der Waals surface area contributed by atoms with E-state index in [1.807, 2.05) is 0 Å². The zero-order chi connectivity index (χ0) is 25.9. The quantitative estimate of drug-likeness (QED) is 0.259. The van der Waals surface area contributed by atoms with Crippen LogP contribution in [-0.2, 0) is 9.59 Å². The highest BCUT2D eigenvalue weighted by Crippen LogP contribution is 2.60. The highest BCUT2D eigenvalue weighted by atomic mass is 79.9. The van der Waals surface area contributed by atoms with Crippen molar-refractivity contribution in [1.82, 2.24) is 10.0 Å². The van der Waals surface area contributed by atoms with E-state index >= 15 is 0 Å². The summed E-state index contributed by atoms with van der Waals surface area (Å²) in [6.45, 7) is 1.53. The van der Waals surface area contributed by atoms with Crippen molar-refractivity contribution >= 4 is 67.0 Å². The topological polar surface area (TPSA) is 84.0 Å². The Balaban J connectivity index is 1.53. The van der Waals surface area contributed by atoms with Crippen LogP contribution in [0, 0.1) is 23.7 Å². The number of hydrazine groups is 1. The normalized spacial score (nSPS) is 29.3. The van der Waals surface area contributed by atoms with E-state index in [9.17, 15) is 19.2 Å². The number of hydrogen-bond acceptors (Lipinski definition) is 5. The van der Waals surface area contributed by atoms with E-state index in [2.05, 4.69) is 31.9 Å². The van der Waals surface area contributed by atoms with Gasteiger partial charge in [0.15, 0.2) is 5.78 Å². The highest BCUT2D eigenvalue weighted by molar-refractivity contribution is 9.12. The van der Waals surface area contributed by atoms with E-state index in [0.717, 1.165) is 16.4 Å². The molecule has 2 aliphatic carbocycles. The summed E-state index contributed by atoms with van der Waals surface area (Å²) in [6.07, 6.45) is 0.762. The Labute approximate surface area is 230 Å². The number of hydrogen-bond donors (Lipinski definition) is 0. The van der Waals surface area contributed by atoms with E-state index in [-0.39, 0.29) is 27.1 Å². The van der Waals surface area contributed by atoms with Crippen LogP contribution in [0.25, 0.3) is 0 Å². The van der Waals surface area contributed by atoms with Crippen molar-refractivity contribution in [1.29, 1.82) is 0 Å². The molecule has 7 nitrogen and oxygen atoms in total.